The summed E-state index contributed by atoms with van der Waals surface area (Å²) in [6.07, 6.45) is 0. The SMILES string of the molecule is CC(=O)N(CC(=O)N1C[C@@H]2C(NC(=O)C(C)C#N)[C@@H]2C1)c1ccccc1. The fourth-order valence-corrected chi connectivity index (χ4v) is 3.52. The first kappa shape index (κ1) is 17.9. The molecule has 0 bridgehead atoms. The van der Waals surface area contributed by atoms with Gasteiger partial charge in [0, 0.05) is 43.6 Å². The van der Waals surface area contributed by atoms with Crippen LogP contribution >= 0.6 is 0 Å². The number of fused-ring (bicyclic) bond motifs is 1. The molecule has 2 fully saturated rings. The fraction of sp³-hybridized carbons (Fsp3) is 0.474. The molecule has 26 heavy (non-hydrogen) atoms. The van der Waals surface area contributed by atoms with Gasteiger partial charge < -0.3 is 15.1 Å². The number of nitrogens with one attached hydrogen (secondary N) is 1. The van der Waals surface area contributed by atoms with Crippen molar-refractivity contribution >= 4 is 23.4 Å². The summed E-state index contributed by atoms with van der Waals surface area (Å²) >= 11 is 0. The van der Waals surface area contributed by atoms with E-state index >= 15 is 0 Å². The van der Waals surface area contributed by atoms with Gasteiger partial charge in [0.25, 0.3) is 0 Å². The first-order valence-corrected chi connectivity index (χ1v) is 8.73. The molecule has 4 atom stereocenters. The lowest BCUT2D eigenvalue weighted by Gasteiger charge is -2.26. The first-order chi connectivity index (χ1) is 12.4. The lowest BCUT2D eigenvalue weighted by Crippen LogP contribution is -2.44. The van der Waals surface area contributed by atoms with Crippen LogP contribution in [-0.4, -0.2) is 48.3 Å². The van der Waals surface area contributed by atoms with Crippen molar-refractivity contribution in [3.63, 3.8) is 0 Å². The molecule has 0 aromatic heterocycles. The molecule has 7 heteroatoms. The minimum atomic E-state index is -0.663. The van der Waals surface area contributed by atoms with Gasteiger partial charge in [-0.1, -0.05) is 18.2 Å². The van der Waals surface area contributed by atoms with E-state index in [2.05, 4.69) is 5.32 Å². The topological polar surface area (TPSA) is 93.5 Å². The molecule has 1 saturated heterocycles. The standard InChI is InChI=1S/C19H22N4O3/c1-12(8-20)19(26)21-18-15-9-22(10-16(15)18)17(25)11-23(13(2)24)14-6-4-3-5-7-14/h3-7,12,15-16,18H,9-11H2,1-2H3,(H,21,26)/t12?,15-,16+,18?. The van der Waals surface area contributed by atoms with E-state index in [4.69, 9.17) is 5.26 Å². The zero-order valence-electron chi connectivity index (χ0n) is 14.9. The van der Waals surface area contributed by atoms with Crippen LogP contribution in [0, 0.1) is 29.1 Å². The van der Waals surface area contributed by atoms with Crippen LogP contribution in [0.4, 0.5) is 5.69 Å². The highest BCUT2D eigenvalue weighted by Crippen LogP contribution is 2.45. The summed E-state index contributed by atoms with van der Waals surface area (Å²) in [6, 6.07) is 11.1. The summed E-state index contributed by atoms with van der Waals surface area (Å²) < 4.78 is 0. The summed E-state index contributed by atoms with van der Waals surface area (Å²) in [5.41, 5.74) is 0.702. The van der Waals surface area contributed by atoms with Gasteiger partial charge >= 0.3 is 0 Å². The molecule has 7 nitrogen and oxygen atoms in total. The highest BCUT2D eigenvalue weighted by molar-refractivity contribution is 5.97. The molecule has 1 saturated carbocycles. The van der Waals surface area contributed by atoms with Crippen LogP contribution in [-0.2, 0) is 14.4 Å². The molecule has 3 amide bonds. The van der Waals surface area contributed by atoms with Gasteiger partial charge in [0.2, 0.25) is 17.7 Å². The number of rotatable bonds is 5. The number of carbonyl (C=O) groups is 3. The smallest absolute Gasteiger partial charge is 0.242 e. The molecule has 3 rings (SSSR count). The summed E-state index contributed by atoms with van der Waals surface area (Å²) in [6.45, 7) is 4.19. The Morgan fingerprint density at radius 1 is 1.27 bits per heavy atom. The van der Waals surface area contributed by atoms with E-state index in [-0.39, 0.29) is 42.1 Å². The number of benzene rings is 1. The third-order valence-electron chi connectivity index (χ3n) is 5.18. The van der Waals surface area contributed by atoms with Crippen molar-refractivity contribution in [1.82, 2.24) is 10.2 Å². The number of amides is 3. The Balaban J connectivity index is 1.53. The van der Waals surface area contributed by atoms with Crippen molar-refractivity contribution in [1.29, 1.82) is 5.26 Å². The van der Waals surface area contributed by atoms with Crippen LogP contribution in [0.1, 0.15) is 13.8 Å². The number of hydrogen-bond acceptors (Lipinski definition) is 4. The van der Waals surface area contributed by atoms with Crippen LogP contribution in [0.3, 0.4) is 0 Å². The van der Waals surface area contributed by atoms with Gasteiger partial charge in [-0.25, -0.2) is 0 Å². The molecule has 1 N–H and O–H groups in total. The van der Waals surface area contributed by atoms with Crippen molar-refractivity contribution in [2.24, 2.45) is 17.8 Å². The molecule has 1 aliphatic carbocycles. The molecule has 0 spiro atoms. The zero-order chi connectivity index (χ0) is 18.8. The maximum Gasteiger partial charge on any atom is 0.242 e. The van der Waals surface area contributed by atoms with Gasteiger partial charge in [0.1, 0.15) is 12.5 Å². The molecule has 2 aliphatic rings. The number of piperidine rings is 1. The van der Waals surface area contributed by atoms with Crippen LogP contribution in [0.5, 0.6) is 0 Å². The summed E-state index contributed by atoms with van der Waals surface area (Å²) in [7, 11) is 0. The average Bonchev–Trinajstić information content (AvgIpc) is 3.06. The van der Waals surface area contributed by atoms with Crippen molar-refractivity contribution in [3.8, 4) is 6.07 Å². The molecule has 2 unspecified atom stereocenters. The van der Waals surface area contributed by atoms with Crippen LogP contribution in [0.2, 0.25) is 0 Å². The Morgan fingerprint density at radius 3 is 2.42 bits per heavy atom. The number of carbonyl (C=O) groups excluding carboxylic acids is 3. The Bertz CT molecular complexity index is 746. The number of anilines is 1. The molecule has 1 aromatic rings. The summed E-state index contributed by atoms with van der Waals surface area (Å²) in [4.78, 5) is 39.5. The maximum absolute atomic E-state index is 12.6. The predicted octanol–water partition coefficient (Wildman–Crippen LogP) is 0.772. The molecule has 136 valence electrons. The molecule has 1 aromatic carbocycles. The van der Waals surface area contributed by atoms with E-state index in [1.807, 2.05) is 24.3 Å². The van der Waals surface area contributed by atoms with E-state index in [1.54, 1.807) is 24.0 Å². The lowest BCUT2D eigenvalue weighted by atomic mass is 10.2. The number of para-hydroxylation sites is 1. The normalized spacial score (nSPS) is 24.2. The van der Waals surface area contributed by atoms with Crippen molar-refractivity contribution in [2.45, 2.75) is 19.9 Å². The Hall–Kier alpha value is -2.88. The third-order valence-corrected chi connectivity index (χ3v) is 5.18. The van der Waals surface area contributed by atoms with Gasteiger partial charge in [-0.05, 0) is 19.1 Å². The Morgan fingerprint density at radius 2 is 1.88 bits per heavy atom. The zero-order valence-corrected chi connectivity index (χ0v) is 14.9. The number of nitriles is 1. The monoisotopic (exact) mass is 354 g/mol. The Kier molecular flexibility index (Phi) is 4.94. The van der Waals surface area contributed by atoms with E-state index in [0.29, 0.717) is 18.8 Å². The number of nitrogens with zero attached hydrogens (tertiary/aromatic N) is 3. The van der Waals surface area contributed by atoms with Gasteiger partial charge in [-0.2, -0.15) is 5.26 Å². The van der Waals surface area contributed by atoms with Gasteiger partial charge in [0.05, 0.1) is 6.07 Å². The highest BCUT2D eigenvalue weighted by atomic mass is 16.2. The molecular formula is C19H22N4O3. The maximum atomic E-state index is 12.6. The molecular weight excluding hydrogens is 332 g/mol. The molecule has 1 aliphatic heterocycles. The van der Waals surface area contributed by atoms with Gasteiger partial charge in [-0.3, -0.25) is 14.4 Å². The third kappa shape index (κ3) is 3.54. The van der Waals surface area contributed by atoms with Crippen LogP contribution < -0.4 is 10.2 Å². The minimum Gasteiger partial charge on any atom is -0.352 e. The quantitative estimate of drug-likeness (QED) is 0.845. The van der Waals surface area contributed by atoms with Gasteiger partial charge in [0.15, 0.2) is 0 Å². The van der Waals surface area contributed by atoms with E-state index < -0.39 is 5.92 Å². The molecule has 0 radical (unpaired) electrons. The van der Waals surface area contributed by atoms with Crippen molar-refractivity contribution in [2.75, 3.05) is 24.5 Å². The van der Waals surface area contributed by atoms with Crippen molar-refractivity contribution < 1.29 is 14.4 Å². The van der Waals surface area contributed by atoms with Crippen molar-refractivity contribution in [3.05, 3.63) is 30.3 Å². The Labute approximate surface area is 152 Å². The van der Waals surface area contributed by atoms with E-state index in [9.17, 15) is 14.4 Å². The average molecular weight is 354 g/mol. The highest BCUT2D eigenvalue weighted by Gasteiger charge is 2.57. The second kappa shape index (κ2) is 7.16. The fourth-order valence-electron chi connectivity index (χ4n) is 3.52. The first-order valence-electron chi connectivity index (χ1n) is 8.73. The number of hydrogen-bond donors (Lipinski definition) is 1. The van der Waals surface area contributed by atoms with Crippen LogP contribution in [0.15, 0.2) is 30.3 Å². The minimum absolute atomic E-state index is 0.0152. The van der Waals surface area contributed by atoms with E-state index in [0.717, 1.165) is 0 Å². The lowest BCUT2D eigenvalue weighted by molar-refractivity contribution is -0.130. The largest absolute Gasteiger partial charge is 0.352 e. The second-order valence-corrected chi connectivity index (χ2v) is 6.95. The predicted molar refractivity (Wildman–Crippen MR) is 94.7 cm³/mol. The molecule has 1 heterocycles. The van der Waals surface area contributed by atoms with E-state index in [1.165, 1.54) is 11.8 Å². The summed E-state index contributed by atoms with van der Waals surface area (Å²) in [5.74, 6) is -0.690. The summed E-state index contributed by atoms with van der Waals surface area (Å²) in [5, 5.41) is 11.7. The second-order valence-electron chi connectivity index (χ2n) is 6.95. The van der Waals surface area contributed by atoms with Crippen LogP contribution in [0.25, 0.3) is 0 Å². The number of likely N-dealkylation sites (tertiary alicyclic amines) is 1. The van der Waals surface area contributed by atoms with Gasteiger partial charge in [-0.15, -0.1) is 0 Å².